The van der Waals surface area contributed by atoms with E-state index >= 15 is 0 Å². The first kappa shape index (κ1) is 29.2. The summed E-state index contributed by atoms with van der Waals surface area (Å²) < 4.78 is 34.4. The molecule has 210 valence electrons. The molecule has 2 saturated carbocycles. The van der Waals surface area contributed by atoms with Crippen LogP contribution in [0.15, 0.2) is 48.5 Å². The first-order chi connectivity index (χ1) is 18.5. The lowest BCUT2D eigenvalue weighted by Crippen LogP contribution is -2.23. The van der Waals surface area contributed by atoms with E-state index in [2.05, 4.69) is 38.1 Å². The van der Waals surface area contributed by atoms with Crippen LogP contribution in [0.4, 0.5) is 8.78 Å². The first-order valence-electron chi connectivity index (χ1n) is 15.6. The maximum absolute atomic E-state index is 14.7. The maximum atomic E-state index is 14.7. The summed E-state index contributed by atoms with van der Waals surface area (Å²) in [4.78, 5) is 0. The van der Waals surface area contributed by atoms with Gasteiger partial charge in [0.2, 0.25) is 0 Å². The average Bonchev–Trinajstić information content (AvgIpc) is 2.94. The van der Waals surface area contributed by atoms with E-state index in [1.165, 1.54) is 101 Å². The third-order valence-corrected chi connectivity index (χ3v) is 9.37. The predicted octanol–water partition coefficient (Wildman–Crippen LogP) is 11.0. The van der Waals surface area contributed by atoms with Gasteiger partial charge in [-0.3, -0.25) is 0 Å². The van der Waals surface area contributed by atoms with Crippen LogP contribution in [-0.4, -0.2) is 6.11 Å². The minimum atomic E-state index is -3.17. The fraction of sp³-hybridized carbons (Fsp3) is 0.657. The molecule has 0 bridgehead atoms. The molecule has 2 aromatic carbocycles. The van der Waals surface area contributed by atoms with Crippen LogP contribution in [0.5, 0.6) is 0 Å². The highest BCUT2D eigenvalue weighted by Crippen LogP contribution is 2.39. The van der Waals surface area contributed by atoms with Gasteiger partial charge in [0.15, 0.2) is 0 Å². The molecule has 2 aliphatic rings. The van der Waals surface area contributed by atoms with Crippen LogP contribution in [0.3, 0.4) is 0 Å². The maximum Gasteiger partial charge on any atom is 0.360 e. The van der Waals surface area contributed by atoms with Crippen molar-refractivity contribution >= 4 is 0 Å². The molecule has 0 atom stereocenters. The monoisotopic (exact) mass is 524 g/mol. The van der Waals surface area contributed by atoms with E-state index in [9.17, 15) is 8.78 Å². The number of ether oxygens (including phenoxy) is 1. The van der Waals surface area contributed by atoms with E-state index in [0.29, 0.717) is 17.4 Å². The Labute approximate surface area is 230 Å². The predicted molar refractivity (Wildman–Crippen MR) is 155 cm³/mol. The molecule has 0 heterocycles. The molecule has 0 aliphatic heterocycles. The number of unbranched alkanes of at least 4 members (excludes halogenated alkanes) is 2. The van der Waals surface area contributed by atoms with Crippen LogP contribution in [0.25, 0.3) is 0 Å². The zero-order valence-corrected chi connectivity index (χ0v) is 23.9. The Kier molecular flexibility index (Phi) is 11.2. The van der Waals surface area contributed by atoms with E-state index in [0.717, 1.165) is 17.4 Å². The molecule has 0 N–H and O–H groups in total. The van der Waals surface area contributed by atoms with Crippen LogP contribution < -0.4 is 0 Å². The summed E-state index contributed by atoms with van der Waals surface area (Å²) in [5.74, 6) is 2.97. The second-order valence-corrected chi connectivity index (χ2v) is 12.3. The normalized spacial score (nSPS) is 24.4. The summed E-state index contributed by atoms with van der Waals surface area (Å²) >= 11 is 0. The number of halogens is 2. The van der Waals surface area contributed by atoms with Gasteiger partial charge in [0.25, 0.3) is 0 Å². The van der Waals surface area contributed by atoms with Crippen LogP contribution in [0, 0.1) is 11.8 Å². The van der Waals surface area contributed by atoms with Crippen molar-refractivity contribution in [3.63, 3.8) is 0 Å². The molecule has 1 nitrogen and oxygen atoms in total. The average molecular weight is 525 g/mol. The second kappa shape index (κ2) is 14.6. The highest BCUT2D eigenvalue weighted by atomic mass is 19.3. The molecule has 0 saturated heterocycles. The highest BCUT2D eigenvalue weighted by Gasteiger charge is 2.31. The topological polar surface area (TPSA) is 9.23 Å². The fourth-order valence-electron chi connectivity index (χ4n) is 6.93. The number of benzene rings is 2. The van der Waals surface area contributed by atoms with Gasteiger partial charge in [-0.05, 0) is 97.3 Å². The van der Waals surface area contributed by atoms with Crippen molar-refractivity contribution in [2.24, 2.45) is 11.8 Å². The largest absolute Gasteiger partial charge is 0.360 e. The van der Waals surface area contributed by atoms with Gasteiger partial charge in [-0.25, -0.2) is 0 Å². The lowest BCUT2D eigenvalue weighted by molar-refractivity contribution is -0.244. The first-order valence-corrected chi connectivity index (χ1v) is 15.6. The molecule has 2 aliphatic carbocycles. The van der Waals surface area contributed by atoms with Crippen molar-refractivity contribution in [2.75, 3.05) is 0 Å². The van der Waals surface area contributed by atoms with Gasteiger partial charge in [0.1, 0.15) is 0 Å². The number of alkyl halides is 2. The lowest BCUT2D eigenvalue weighted by Gasteiger charge is -2.29. The Morgan fingerprint density at radius 3 is 1.63 bits per heavy atom. The second-order valence-electron chi connectivity index (χ2n) is 12.3. The number of rotatable bonds is 13. The van der Waals surface area contributed by atoms with E-state index in [1.54, 1.807) is 0 Å². The molecule has 0 spiro atoms. The highest BCUT2D eigenvalue weighted by molar-refractivity contribution is 5.27. The van der Waals surface area contributed by atoms with Gasteiger partial charge in [0.05, 0.1) is 13.0 Å². The van der Waals surface area contributed by atoms with Gasteiger partial charge < -0.3 is 4.74 Å². The minimum Gasteiger partial charge on any atom is -0.315 e. The summed E-state index contributed by atoms with van der Waals surface area (Å²) in [7, 11) is 0. The van der Waals surface area contributed by atoms with Crippen molar-refractivity contribution < 1.29 is 13.5 Å². The Morgan fingerprint density at radius 2 is 1.13 bits per heavy atom. The van der Waals surface area contributed by atoms with Crippen LogP contribution in [-0.2, 0) is 17.8 Å². The summed E-state index contributed by atoms with van der Waals surface area (Å²) in [6, 6.07) is 16.1. The Balaban J connectivity index is 1.20. The van der Waals surface area contributed by atoms with Crippen molar-refractivity contribution in [1.29, 1.82) is 0 Å². The molecule has 38 heavy (non-hydrogen) atoms. The van der Waals surface area contributed by atoms with Crippen molar-refractivity contribution in [1.82, 2.24) is 0 Å². The third-order valence-electron chi connectivity index (χ3n) is 9.37. The molecular formula is C35H50F2O. The van der Waals surface area contributed by atoms with Gasteiger partial charge in [-0.1, -0.05) is 101 Å². The summed E-state index contributed by atoms with van der Waals surface area (Å²) in [5.41, 5.74) is 4.11. The quantitative estimate of drug-likeness (QED) is 0.237. The van der Waals surface area contributed by atoms with Gasteiger partial charge in [-0.2, -0.15) is 8.78 Å². The van der Waals surface area contributed by atoms with E-state index in [4.69, 9.17) is 4.74 Å². The zero-order valence-electron chi connectivity index (χ0n) is 23.9. The van der Waals surface area contributed by atoms with Gasteiger partial charge in [-0.15, -0.1) is 0 Å². The molecule has 2 fully saturated rings. The summed E-state index contributed by atoms with van der Waals surface area (Å²) in [6.45, 7) is 4.48. The molecule has 0 aromatic heterocycles. The fourth-order valence-corrected chi connectivity index (χ4v) is 6.93. The van der Waals surface area contributed by atoms with Gasteiger partial charge in [0, 0.05) is 0 Å². The number of hydrogen-bond donors (Lipinski definition) is 0. The van der Waals surface area contributed by atoms with Crippen LogP contribution in [0.2, 0.25) is 0 Å². The molecule has 3 heteroatoms. The molecule has 0 unspecified atom stereocenters. The Hall–Kier alpha value is -1.74. The van der Waals surface area contributed by atoms with E-state index in [-0.39, 0.29) is 13.0 Å². The molecular weight excluding hydrogens is 474 g/mol. The Morgan fingerprint density at radius 1 is 0.632 bits per heavy atom. The Bertz CT molecular complexity index is 919. The lowest BCUT2D eigenvalue weighted by atomic mass is 9.77. The number of hydrogen-bond acceptors (Lipinski definition) is 1. The zero-order chi connectivity index (χ0) is 26.8. The molecule has 4 rings (SSSR count). The van der Waals surface area contributed by atoms with E-state index in [1.807, 2.05) is 24.3 Å². The molecule has 0 radical (unpaired) electrons. The van der Waals surface area contributed by atoms with Crippen LogP contribution >= 0.6 is 0 Å². The standard InChI is InChI=1S/C35H50F2O/c1-3-5-6-8-28-11-19-32(20-12-28)33-21-13-29(14-22-33)25-35(36,37)38-26-30-15-23-34(24-16-30)31-17-9-27(7-4-2)10-18-31/h13-16,21-24,27-28,31-32H,3-12,17-20,25-26H2,1-2H3. The third kappa shape index (κ3) is 8.90. The van der Waals surface area contributed by atoms with Crippen molar-refractivity contribution in [3.05, 3.63) is 70.8 Å². The van der Waals surface area contributed by atoms with Gasteiger partial charge >= 0.3 is 6.11 Å². The summed E-state index contributed by atoms with van der Waals surface area (Å²) in [5, 5.41) is 0. The van der Waals surface area contributed by atoms with Crippen molar-refractivity contribution in [2.45, 2.75) is 135 Å². The molecule has 2 aromatic rings. The SMILES string of the molecule is CCCCCC1CCC(c2ccc(CC(F)(F)OCc3ccc(C4CCC(CCC)CC4)cc3)cc2)CC1. The molecule has 0 amide bonds. The van der Waals surface area contributed by atoms with E-state index < -0.39 is 6.11 Å². The van der Waals surface area contributed by atoms with Crippen LogP contribution in [0.1, 0.15) is 138 Å². The summed E-state index contributed by atoms with van der Waals surface area (Å²) in [6.07, 6.45) is 14.7. The minimum absolute atomic E-state index is 0.0594. The van der Waals surface area contributed by atoms with Crippen molar-refractivity contribution in [3.8, 4) is 0 Å². The smallest absolute Gasteiger partial charge is 0.315 e.